The molecular weight excluding hydrogens is 280 g/mol. The molecule has 1 amide bonds. The SMILES string of the molecule is CC(=O)NCCCOC(=O)[C@H]1C[C@H]1c1cc(F)ccc1F. The van der Waals surface area contributed by atoms with E-state index in [0.29, 0.717) is 19.4 Å². The molecule has 0 bridgehead atoms. The van der Waals surface area contributed by atoms with Gasteiger partial charge in [0.25, 0.3) is 0 Å². The average molecular weight is 297 g/mol. The van der Waals surface area contributed by atoms with Crippen LogP contribution in [0, 0.1) is 17.6 Å². The summed E-state index contributed by atoms with van der Waals surface area (Å²) in [5.74, 6) is -2.25. The molecular formula is C15H17F2NO3. The van der Waals surface area contributed by atoms with Crippen LogP contribution in [0.2, 0.25) is 0 Å². The number of ether oxygens (including phenoxy) is 1. The van der Waals surface area contributed by atoms with Crippen LogP contribution in [0.25, 0.3) is 0 Å². The number of carbonyl (C=O) groups is 2. The van der Waals surface area contributed by atoms with Gasteiger partial charge in [-0.05, 0) is 36.6 Å². The molecule has 1 aliphatic carbocycles. The quantitative estimate of drug-likeness (QED) is 0.646. The summed E-state index contributed by atoms with van der Waals surface area (Å²) in [5.41, 5.74) is 0.232. The highest BCUT2D eigenvalue weighted by Crippen LogP contribution is 2.49. The first-order valence-electron chi connectivity index (χ1n) is 6.85. The van der Waals surface area contributed by atoms with Gasteiger partial charge in [0.05, 0.1) is 12.5 Å². The van der Waals surface area contributed by atoms with Crippen molar-refractivity contribution in [2.24, 2.45) is 5.92 Å². The molecule has 1 aromatic carbocycles. The fourth-order valence-corrected chi connectivity index (χ4v) is 2.21. The molecule has 0 saturated heterocycles. The van der Waals surface area contributed by atoms with Crippen LogP contribution >= 0.6 is 0 Å². The summed E-state index contributed by atoms with van der Waals surface area (Å²) in [6.45, 7) is 2.05. The van der Waals surface area contributed by atoms with Gasteiger partial charge >= 0.3 is 5.97 Å². The fraction of sp³-hybridized carbons (Fsp3) is 0.467. The summed E-state index contributed by atoms with van der Waals surface area (Å²) in [4.78, 5) is 22.4. The average Bonchev–Trinajstić information content (AvgIpc) is 3.21. The third-order valence-electron chi connectivity index (χ3n) is 3.39. The Hall–Kier alpha value is -1.98. The van der Waals surface area contributed by atoms with E-state index >= 15 is 0 Å². The van der Waals surface area contributed by atoms with Gasteiger partial charge < -0.3 is 10.1 Å². The van der Waals surface area contributed by atoms with Crippen LogP contribution in [0.15, 0.2) is 18.2 Å². The molecule has 4 nitrogen and oxygen atoms in total. The van der Waals surface area contributed by atoms with Crippen molar-refractivity contribution in [1.29, 1.82) is 0 Å². The van der Waals surface area contributed by atoms with E-state index in [0.717, 1.165) is 18.2 Å². The lowest BCUT2D eigenvalue weighted by Crippen LogP contribution is -2.22. The van der Waals surface area contributed by atoms with E-state index < -0.39 is 23.5 Å². The van der Waals surface area contributed by atoms with E-state index in [1.54, 1.807) is 0 Å². The lowest BCUT2D eigenvalue weighted by atomic mass is 10.1. The van der Waals surface area contributed by atoms with Gasteiger partial charge in [0.15, 0.2) is 0 Å². The van der Waals surface area contributed by atoms with Crippen LogP contribution in [-0.2, 0) is 14.3 Å². The zero-order valence-electron chi connectivity index (χ0n) is 11.7. The first kappa shape index (κ1) is 15.4. The van der Waals surface area contributed by atoms with Crippen molar-refractivity contribution in [2.45, 2.75) is 25.7 Å². The van der Waals surface area contributed by atoms with E-state index in [1.165, 1.54) is 6.92 Å². The number of benzene rings is 1. The van der Waals surface area contributed by atoms with Crippen molar-refractivity contribution < 1.29 is 23.1 Å². The summed E-state index contributed by atoms with van der Waals surface area (Å²) < 4.78 is 31.7. The lowest BCUT2D eigenvalue weighted by Gasteiger charge is -2.06. The molecule has 0 heterocycles. The molecule has 0 aliphatic heterocycles. The summed E-state index contributed by atoms with van der Waals surface area (Å²) in [6.07, 6.45) is 1.00. The Kier molecular flexibility index (Phi) is 4.88. The molecule has 1 saturated carbocycles. The topological polar surface area (TPSA) is 55.4 Å². The van der Waals surface area contributed by atoms with Gasteiger partial charge in [-0.25, -0.2) is 8.78 Å². The van der Waals surface area contributed by atoms with E-state index in [2.05, 4.69) is 5.32 Å². The molecule has 0 unspecified atom stereocenters. The van der Waals surface area contributed by atoms with Crippen LogP contribution < -0.4 is 5.32 Å². The highest BCUT2D eigenvalue weighted by Gasteiger charge is 2.46. The van der Waals surface area contributed by atoms with Gasteiger partial charge in [-0.15, -0.1) is 0 Å². The minimum Gasteiger partial charge on any atom is -0.465 e. The zero-order valence-corrected chi connectivity index (χ0v) is 11.7. The molecule has 6 heteroatoms. The minimum atomic E-state index is -0.513. The Morgan fingerprint density at radius 1 is 1.38 bits per heavy atom. The molecule has 114 valence electrons. The molecule has 2 rings (SSSR count). The summed E-state index contributed by atoms with van der Waals surface area (Å²) >= 11 is 0. The first-order valence-corrected chi connectivity index (χ1v) is 6.85. The van der Waals surface area contributed by atoms with Crippen molar-refractivity contribution in [3.05, 3.63) is 35.4 Å². The van der Waals surface area contributed by atoms with Crippen LogP contribution in [0.3, 0.4) is 0 Å². The Labute approximate surface area is 121 Å². The monoisotopic (exact) mass is 297 g/mol. The second-order valence-electron chi connectivity index (χ2n) is 5.12. The predicted octanol–water partition coefficient (Wildman–Crippen LogP) is 2.14. The number of hydrogen-bond donors (Lipinski definition) is 1. The number of hydrogen-bond acceptors (Lipinski definition) is 3. The number of halogens is 2. The van der Waals surface area contributed by atoms with E-state index in [-0.39, 0.29) is 24.0 Å². The minimum absolute atomic E-state index is 0.134. The van der Waals surface area contributed by atoms with Crippen molar-refractivity contribution in [1.82, 2.24) is 5.32 Å². The van der Waals surface area contributed by atoms with Gasteiger partial charge in [0.1, 0.15) is 11.6 Å². The molecule has 1 aromatic rings. The van der Waals surface area contributed by atoms with Crippen LogP contribution in [0.5, 0.6) is 0 Å². The summed E-state index contributed by atoms with van der Waals surface area (Å²) in [5, 5.41) is 2.59. The van der Waals surface area contributed by atoms with Crippen molar-refractivity contribution >= 4 is 11.9 Å². The second-order valence-corrected chi connectivity index (χ2v) is 5.12. The number of carbonyl (C=O) groups excluding carboxylic acids is 2. The van der Waals surface area contributed by atoms with Crippen molar-refractivity contribution in [3.63, 3.8) is 0 Å². The maximum Gasteiger partial charge on any atom is 0.309 e. The number of esters is 1. The van der Waals surface area contributed by atoms with E-state index in [9.17, 15) is 18.4 Å². The van der Waals surface area contributed by atoms with Gasteiger partial charge in [-0.1, -0.05) is 0 Å². The lowest BCUT2D eigenvalue weighted by molar-refractivity contribution is -0.145. The smallest absolute Gasteiger partial charge is 0.309 e. The number of rotatable bonds is 6. The van der Waals surface area contributed by atoms with Gasteiger partial charge in [-0.2, -0.15) is 0 Å². The first-order chi connectivity index (χ1) is 9.99. The van der Waals surface area contributed by atoms with Gasteiger partial charge in [0, 0.05) is 19.4 Å². The summed E-state index contributed by atoms with van der Waals surface area (Å²) in [7, 11) is 0. The number of nitrogens with one attached hydrogen (secondary N) is 1. The summed E-state index contributed by atoms with van der Waals surface area (Å²) in [6, 6.07) is 3.25. The van der Waals surface area contributed by atoms with Gasteiger partial charge in [0.2, 0.25) is 5.91 Å². The van der Waals surface area contributed by atoms with E-state index in [1.807, 2.05) is 0 Å². The number of amides is 1. The molecule has 0 radical (unpaired) electrons. The maximum atomic E-state index is 13.6. The molecule has 1 N–H and O–H groups in total. The van der Waals surface area contributed by atoms with Crippen LogP contribution in [-0.4, -0.2) is 25.0 Å². The highest BCUT2D eigenvalue weighted by atomic mass is 19.1. The third-order valence-corrected chi connectivity index (χ3v) is 3.39. The standard InChI is InChI=1S/C15H17F2NO3/c1-9(19)18-5-2-6-21-15(20)13-8-11(13)12-7-10(16)3-4-14(12)17/h3-4,7,11,13H,2,5-6,8H2,1H3,(H,18,19)/t11-,13-/m0/s1. The largest absolute Gasteiger partial charge is 0.465 e. The highest BCUT2D eigenvalue weighted by molar-refractivity contribution is 5.77. The van der Waals surface area contributed by atoms with Crippen LogP contribution in [0.4, 0.5) is 8.78 Å². The molecule has 1 fully saturated rings. The fourth-order valence-electron chi connectivity index (χ4n) is 2.21. The second kappa shape index (κ2) is 6.65. The molecule has 0 spiro atoms. The predicted molar refractivity (Wildman–Crippen MR) is 71.5 cm³/mol. The Morgan fingerprint density at radius 3 is 2.86 bits per heavy atom. The molecule has 21 heavy (non-hydrogen) atoms. The van der Waals surface area contributed by atoms with E-state index in [4.69, 9.17) is 4.74 Å². The zero-order chi connectivity index (χ0) is 15.4. The van der Waals surface area contributed by atoms with Crippen molar-refractivity contribution in [3.8, 4) is 0 Å². The maximum absolute atomic E-state index is 13.6. The van der Waals surface area contributed by atoms with Crippen LogP contribution in [0.1, 0.15) is 31.2 Å². The van der Waals surface area contributed by atoms with Crippen molar-refractivity contribution in [2.75, 3.05) is 13.2 Å². The molecule has 0 aromatic heterocycles. The molecule has 1 aliphatic rings. The Morgan fingerprint density at radius 2 is 2.14 bits per heavy atom. The third kappa shape index (κ3) is 4.24. The van der Waals surface area contributed by atoms with Gasteiger partial charge in [-0.3, -0.25) is 9.59 Å². The Bertz CT molecular complexity index is 548. The normalized spacial score (nSPS) is 20.0. The Balaban J connectivity index is 1.76. The molecule has 2 atom stereocenters.